The number of piperazine rings is 1. The molecule has 0 saturated carbocycles. The Balaban J connectivity index is 2.31. The minimum atomic E-state index is -3.20. The zero-order valence-corrected chi connectivity index (χ0v) is 12.8. The Morgan fingerprint density at radius 1 is 1.30 bits per heavy atom. The van der Waals surface area contributed by atoms with Crippen LogP contribution in [0.2, 0.25) is 0 Å². The fraction of sp³-hybridized carbons (Fsp3) is 0.800. The number of nitrogens with zero attached hydrogens (tertiary/aromatic N) is 2. The summed E-state index contributed by atoms with van der Waals surface area (Å²) in [5.74, 6) is -0.892. The van der Waals surface area contributed by atoms with Crippen LogP contribution in [-0.2, 0) is 19.6 Å². The summed E-state index contributed by atoms with van der Waals surface area (Å²) in [7, 11) is -3.20. The monoisotopic (exact) mass is 325 g/mol. The third-order valence-corrected chi connectivity index (χ3v) is 5.25. The molecule has 1 aliphatic heterocycles. The molecule has 0 aromatic rings. The quantitative estimate of drug-likeness (QED) is 0.593. The number of carboxylic acid groups (broad SMARTS) is 1. The van der Waals surface area contributed by atoms with Crippen LogP contribution in [0.5, 0.6) is 0 Å². The van der Waals surface area contributed by atoms with E-state index in [2.05, 4.69) is 0 Å². The molecule has 1 aliphatic rings. The summed E-state index contributed by atoms with van der Waals surface area (Å²) in [5.41, 5.74) is 5.33. The van der Waals surface area contributed by atoms with E-state index in [4.69, 9.17) is 10.8 Å². The van der Waals surface area contributed by atoms with E-state index in [0.29, 0.717) is 26.2 Å². The minimum Gasteiger partial charge on any atom is -0.480 e. The smallest absolute Gasteiger partial charge is 0.321 e. The maximum absolute atomic E-state index is 11.9. The summed E-state index contributed by atoms with van der Waals surface area (Å²) in [4.78, 5) is 23.9. The van der Waals surface area contributed by atoms with Crippen molar-refractivity contribution < 1.29 is 23.1 Å². The topological polar surface area (TPSA) is 121 Å². The van der Waals surface area contributed by atoms with Crippen LogP contribution in [0.4, 0.5) is 0 Å². The second-order valence-corrected chi connectivity index (χ2v) is 7.52. The van der Waals surface area contributed by atoms with Gasteiger partial charge in [-0.15, -0.1) is 11.8 Å². The molecule has 1 amide bonds. The zero-order valence-electron chi connectivity index (χ0n) is 11.2. The van der Waals surface area contributed by atoms with Crippen LogP contribution in [0.3, 0.4) is 0 Å². The standard InChI is InChI=1S/C10H19N3O5S2/c1-20(17,18)13-4-2-12(3-5-13)9(14)7-19-6-8(11)10(15)16/h8H,2-7,11H2,1H3,(H,15,16)/t8-/m1/s1. The maximum atomic E-state index is 11.9. The average molecular weight is 325 g/mol. The molecule has 1 fully saturated rings. The third kappa shape index (κ3) is 5.27. The van der Waals surface area contributed by atoms with Gasteiger partial charge in [-0.05, 0) is 0 Å². The summed E-state index contributed by atoms with van der Waals surface area (Å²) in [6, 6.07) is -0.977. The fourth-order valence-electron chi connectivity index (χ4n) is 1.70. The lowest BCUT2D eigenvalue weighted by atomic mass is 10.3. The Labute approximate surface area is 122 Å². The number of carbonyl (C=O) groups excluding carboxylic acids is 1. The highest BCUT2D eigenvalue weighted by molar-refractivity contribution is 8.00. The molecule has 10 heteroatoms. The minimum absolute atomic E-state index is 0.124. The van der Waals surface area contributed by atoms with Crippen LogP contribution in [0.15, 0.2) is 0 Å². The Morgan fingerprint density at radius 3 is 2.30 bits per heavy atom. The highest BCUT2D eigenvalue weighted by Gasteiger charge is 2.25. The predicted molar refractivity (Wildman–Crippen MR) is 75.9 cm³/mol. The van der Waals surface area contributed by atoms with Crippen molar-refractivity contribution in [3.63, 3.8) is 0 Å². The van der Waals surface area contributed by atoms with Gasteiger partial charge < -0.3 is 15.7 Å². The van der Waals surface area contributed by atoms with Crippen LogP contribution >= 0.6 is 11.8 Å². The Bertz CT molecular complexity index is 460. The van der Waals surface area contributed by atoms with Gasteiger partial charge in [0.15, 0.2) is 0 Å². The van der Waals surface area contributed by atoms with E-state index in [9.17, 15) is 18.0 Å². The number of amides is 1. The first-order valence-corrected chi connectivity index (χ1v) is 9.01. The number of carbonyl (C=O) groups is 2. The number of carboxylic acids is 1. The molecular weight excluding hydrogens is 306 g/mol. The Morgan fingerprint density at radius 2 is 1.85 bits per heavy atom. The number of sulfonamides is 1. The second-order valence-electron chi connectivity index (χ2n) is 4.50. The van der Waals surface area contributed by atoms with E-state index < -0.39 is 22.0 Å². The van der Waals surface area contributed by atoms with Crippen LogP contribution in [0, 0.1) is 0 Å². The molecule has 1 saturated heterocycles. The SMILES string of the molecule is CS(=O)(=O)N1CCN(C(=O)CSC[C@@H](N)C(=O)O)CC1. The van der Waals surface area contributed by atoms with Crippen molar-refractivity contribution in [3.05, 3.63) is 0 Å². The largest absolute Gasteiger partial charge is 0.480 e. The van der Waals surface area contributed by atoms with E-state index in [1.165, 1.54) is 16.1 Å². The van der Waals surface area contributed by atoms with Crippen molar-refractivity contribution in [2.24, 2.45) is 5.73 Å². The van der Waals surface area contributed by atoms with Crippen LogP contribution < -0.4 is 5.73 Å². The summed E-state index contributed by atoms with van der Waals surface area (Å²) in [6.45, 7) is 1.31. The van der Waals surface area contributed by atoms with Gasteiger partial charge in [0.2, 0.25) is 15.9 Å². The fourth-order valence-corrected chi connectivity index (χ4v) is 3.40. The first-order valence-electron chi connectivity index (χ1n) is 6.01. The lowest BCUT2D eigenvalue weighted by Crippen LogP contribution is -2.50. The number of nitrogens with two attached hydrogens (primary N) is 1. The Hall–Kier alpha value is -0.840. The van der Waals surface area contributed by atoms with E-state index in [1.807, 2.05) is 0 Å². The van der Waals surface area contributed by atoms with E-state index >= 15 is 0 Å². The van der Waals surface area contributed by atoms with Gasteiger partial charge in [-0.2, -0.15) is 4.31 Å². The number of hydrogen-bond acceptors (Lipinski definition) is 6. The van der Waals surface area contributed by atoms with E-state index in [0.717, 1.165) is 6.26 Å². The van der Waals surface area contributed by atoms with E-state index in [1.54, 1.807) is 4.90 Å². The molecule has 0 aliphatic carbocycles. The van der Waals surface area contributed by atoms with Crippen LogP contribution in [0.25, 0.3) is 0 Å². The van der Waals surface area contributed by atoms with Gasteiger partial charge in [0.25, 0.3) is 0 Å². The van der Waals surface area contributed by atoms with Crippen molar-refractivity contribution in [3.8, 4) is 0 Å². The van der Waals surface area contributed by atoms with Gasteiger partial charge in [-0.1, -0.05) is 0 Å². The lowest BCUT2D eigenvalue weighted by Gasteiger charge is -2.33. The van der Waals surface area contributed by atoms with E-state index in [-0.39, 0.29) is 17.4 Å². The van der Waals surface area contributed by atoms with Crippen LogP contribution in [-0.4, -0.2) is 84.6 Å². The molecule has 0 aromatic heterocycles. The normalized spacial score (nSPS) is 18.8. The predicted octanol–water partition coefficient (Wildman–Crippen LogP) is -1.76. The molecule has 0 bridgehead atoms. The highest BCUT2D eigenvalue weighted by atomic mass is 32.2. The number of rotatable bonds is 6. The van der Waals surface area contributed by atoms with Crippen molar-refractivity contribution in [1.29, 1.82) is 0 Å². The maximum Gasteiger partial charge on any atom is 0.321 e. The number of thioether (sulfide) groups is 1. The molecule has 0 spiro atoms. The molecule has 0 radical (unpaired) electrons. The summed E-state index contributed by atoms with van der Waals surface area (Å²) >= 11 is 1.17. The summed E-state index contributed by atoms with van der Waals surface area (Å²) < 4.78 is 24.0. The molecular formula is C10H19N3O5S2. The number of hydrogen-bond donors (Lipinski definition) is 2. The molecule has 1 rings (SSSR count). The van der Waals surface area contributed by atoms with Gasteiger partial charge in [-0.25, -0.2) is 8.42 Å². The first-order chi connectivity index (χ1) is 9.21. The third-order valence-electron chi connectivity index (χ3n) is 2.90. The first kappa shape index (κ1) is 17.2. The number of aliphatic carboxylic acids is 1. The van der Waals surface area contributed by atoms with Crippen molar-refractivity contribution >= 4 is 33.7 Å². The molecule has 0 unspecified atom stereocenters. The molecule has 1 atom stereocenters. The van der Waals surface area contributed by atoms with Gasteiger partial charge in [0, 0.05) is 31.9 Å². The zero-order chi connectivity index (χ0) is 15.3. The molecule has 3 N–H and O–H groups in total. The Kier molecular flexibility index (Phi) is 6.24. The van der Waals surface area contributed by atoms with Gasteiger partial charge in [0.1, 0.15) is 6.04 Å². The summed E-state index contributed by atoms with van der Waals surface area (Å²) in [6.07, 6.45) is 1.15. The van der Waals surface area contributed by atoms with Crippen LogP contribution in [0.1, 0.15) is 0 Å². The van der Waals surface area contributed by atoms with Crippen molar-refractivity contribution in [1.82, 2.24) is 9.21 Å². The second kappa shape index (κ2) is 7.25. The van der Waals surface area contributed by atoms with Crippen molar-refractivity contribution in [2.45, 2.75) is 6.04 Å². The molecule has 0 aromatic carbocycles. The van der Waals surface area contributed by atoms with Gasteiger partial charge >= 0.3 is 5.97 Å². The molecule has 20 heavy (non-hydrogen) atoms. The van der Waals surface area contributed by atoms with Crippen molar-refractivity contribution in [2.75, 3.05) is 43.9 Å². The van der Waals surface area contributed by atoms with Gasteiger partial charge in [0.05, 0.1) is 12.0 Å². The molecule has 116 valence electrons. The summed E-state index contributed by atoms with van der Waals surface area (Å²) in [5, 5.41) is 8.61. The highest BCUT2D eigenvalue weighted by Crippen LogP contribution is 2.09. The molecule has 1 heterocycles. The van der Waals surface area contributed by atoms with Gasteiger partial charge in [-0.3, -0.25) is 9.59 Å². The lowest BCUT2D eigenvalue weighted by molar-refractivity contribution is -0.138. The molecule has 8 nitrogen and oxygen atoms in total. The average Bonchev–Trinajstić information content (AvgIpc) is 2.37.